The molecule has 0 aliphatic heterocycles. The molecule has 2 rings (SSSR count). The molecule has 5 nitrogen and oxygen atoms in total. The highest BCUT2D eigenvalue weighted by Crippen LogP contribution is 2.23. The zero-order chi connectivity index (χ0) is 17.4. The summed E-state index contributed by atoms with van der Waals surface area (Å²) in [7, 11) is 1.59. The normalized spacial score (nSPS) is 20.6. The van der Waals surface area contributed by atoms with Crippen LogP contribution in [0.2, 0.25) is 0 Å². The van der Waals surface area contributed by atoms with Crippen LogP contribution in [0.4, 0.5) is 0 Å². The highest BCUT2D eigenvalue weighted by atomic mass is 16.5. The lowest BCUT2D eigenvalue weighted by molar-refractivity contribution is -0.144. The number of carbonyl (C=O) groups excluding carboxylic acids is 2. The Bertz CT molecular complexity index is 597. The van der Waals surface area contributed by atoms with E-state index in [1.165, 1.54) is 12.5 Å². The molecule has 1 saturated carbocycles. The van der Waals surface area contributed by atoms with Gasteiger partial charge in [0.15, 0.2) is 6.61 Å². The Morgan fingerprint density at radius 2 is 2.08 bits per heavy atom. The monoisotopic (exact) mass is 331 g/mol. The van der Waals surface area contributed by atoms with Crippen molar-refractivity contribution in [2.45, 2.75) is 38.6 Å². The zero-order valence-corrected chi connectivity index (χ0v) is 14.3. The first-order valence-electron chi connectivity index (χ1n) is 8.36. The summed E-state index contributed by atoms with van der Waals surface area (Å²) in [5, 5.41) is 2.96. The summed E-state index contributed by atoms with van der Waals surface area (Å²) >= 11 is 0. The molecular weight excluding hydrogens is 306 g/mol. The van der Waals surface area contributed by atoms with Gasteiger partial charge in [-0.05, 0) is 42.5 Å². The van der Waals surface area contributed by atoms with Crippen molar-refractivity contribution in [3.8, 4) is 5.75 Å². The first-order chi connectivity index (χ1) is 11.6. The molecular formula is C19H25NO4. The van der Waals surface area contributed by atoms with Crippen LogP contribution in [0, 0.1) is 5.92 Å². The second-order valence-corrected chi connectivity index (χ2v) is 6.15. The fraction of sp³-hybridized carbons (Fsp3) is 0.474. The van der Waals surface area contributed by atoms with Gasteiger partial charge in [-0.3, -0.25) is 4.79 Å². The van der Waals surface area contributed by atoms with Gasteiger partial charge in [-0.15, -0.1) is 0 Å². The lowest BCUT2D eigenvalue weighted by atomic mass is 9.86. The molecule has 0 heterocycles. The van der Waals surface area contributed by atoms with Gasteiger partial charge in [-0.2, -0.15) is 0 Å². The van der Waals surface area contributed by atoms with Crippen LogP contribution in [0.5, 0.6) is 5.75 Å². The van der Waals surface area contributed by atoms with Crippen LogP contribution < -0.4 is 10.1 Å². The Morgan fingerprint density at radius 3 is 2.83 bits per heavy atom. The number of rotatable bonds is 6. The molecule has 1 amide bonds. The SMILES string of the molecule is COc1cccc(/C=C/C(=O)OCC(=O)N[C@@H]2CCCC[C@@H]2C)c1. The smallest absolute Gasteiger partial charge is 0.331 e. The van der Waals surface area contributed by atoms with Crippen LogP contribution in [0.1, 0.15) is 38.2 Å². The molecule has 130 valence electrons. The molecule has 0 unspecified atom stereocenters. The van der Waals surface area contributed by atoms with Gasteiger partial charge in [0.2, 0.25) is 0 Å². The standard InChI is InChI=1S/C19H25NO4/c1-14-6-3-4-9-17(14)20-18(21)13-24-19(22)11-10-15-7-5-8-16(12-15)23-2/h5,7-8,10-12,14,17H,3-4,6,9,13H2,1-2H3,(H,20,21)/b11-10+/t14-,17+/m0/s1. The first-order valence-corrected chi connectivity index (χ1v) is 8.36. The minimum Gasteiger partial charge on any atom is -0.497 e. The van der Waals surface area contributed by atoms with E-state index in [-0.39, 0.29) is 18.6 Å². The number of ether oxygens (including phenoxy) is 2. The molecule has 1 fully saturated rings. The third kappa shape index (κ3) is 5.72. The molecule has 2 atom stereocenters. The maximum absolute atomic E-state index is 11.9. The van der Waals surface area contributed by atoms with Crippen LogP contribution >= 0.6 is 0 Å². The van der Waals surface area contributed by atoms with Crippen LogP contribution in [0.25, 0.3) is 6.08 Å². The quantitative estimate of drug-likeness (QED) is 0.643. The molecule has 0 radical (unpaired) electrons. The van der Waals surface area contributed by atoms with Crippen LogP contribution in [0.3, 0.4) is 0 Å². The number of amides is 1. The summed E-state index contributed by atoms with van der Waals surface area (Å²) in [6.45, 7) is 1.90. The van der Waals surface area contributed by atoms with Gasteiger partial charge in [0.25, 0.3) is 5.91 Å². The van der Waals surface area contributed by atoms with Gasteiger partial charge in [-0.1, -0.05) is 31.9 Å². The van der Waals surface area contributed by atoms with E-state index < -0.39 is 5.97 Å². The van der Waals surface area contributed by atoms with Gasteiger partial charge < -0.3 is 14.8 Å². The Hall–Kier alpha value is -2.30. The molecule has 1 aliphatic rings. The second kappa shape index (κ2) is 9.11. The lowest BCUT2D eigenvalue weighted by Crippen LogP contribution is -2.42. The summed E-state index contributed by atoms with van der Waals surface area (Å²) in [5.74, 6) is 0.416. The van der Waals surface area contributed by atoms with Gasteiger partial charge in [0.1, 0.15) is 5.75 Å². The highest BCUT2D eigenvalue weighted by Gasteiger charge is 2.22. The predicted octanol–water partition coefficient (Wildman–Crippen LogP) is 2.95. The summed E-state index contributed by atoms with van der Waals surface area (Å²) in [5.41, 5.74) is 0.826. The van der Waals surface area contributed by atoms with E-state index in [1.807, 2.05) is 18.2 Å². The largest absolute Gasteiger partial charge is 0.497 e. The Labute approximate surface area is 143 Å². The maximum atomic E-state index is 11.9. The van der Waals surface area contributed by atoms with E-state index in [0.717, 1.165) is 24.8 Å². The van der Waals surface area contributed by atoms with Crippen molar-refractivity contribution < 1.29 is 19.1 Å². The number of esters is 1. The Kier molecular flexibility index (Phi) is 6.85. The fourth-order valence-electron chi connectivity index (χ4n) is 2.87. The fourth-order valence-corrected chi connectivity index (χ4v) is 2.87. The van der Waals surface area contributed by atoms with Crippen molar-refractivity contribution in [3.05, 3.63) is 35.9 Å². The van der Waals surface area contributed by atoms with Crippen molar-refractivity contribution >= 4 is 18.0 Å². The molecule has 1 aromatic rings. The van der Waals surface area contributed by atoms with E-state index in [2.05, 4.69) is 12.2 Å². The van der Waals surface area contributed by atoms with Crippen molar-refractivity contribution in [2.24, 2.45) is 5.92 Å². The number of nitrogens with one attached hydrogen (secondary N) is 1. The molecule has 0 aromatic heterocycles. The van der Waals surface area contributed by atoms with E-state index in [1.54, 1.807) is 19.3 Å². The Balaban J connectivity index is 1.75. The zero-order valence-electron chi connectivity index (χ0n) is 14.3. The van der Waals surface area contributed by atoms with Gasteiger partial charge in [0.05, 0.1) is 7.11 Å². The molecule has 0 saturated heterocycles. The maximum Gasteiger partial charge on any atom is 0.331 e. The summed E-state index contributed by atoms with van der Waals surface area (Å²) in [6, 6.07) is 7.51. The summed E-state index contributed by atoms with van der Waals surface area (Å²) in [4.78, 5) is 23.6. The van der Waals surface area contributed by atoms with E-state index in [4.69, 9.17) is 9.47 Å². The van der Waals surface area contributed by atoms with Crippen molar-refractivity contribution in [2.75, 3.05) is 13.7 Å². The lowest BCUT2D eigenvalue weighted by Gasteiger charge is -2.29. The van der Waals surface area contributed by atoms with Crippen molar-refractivity contribution in [1.82, 2.24) is 5.32 Å². The van der Waals surface area contributed by atoms with Crippen molar-refractivity contribution in [3.63, 3.8) is 0 Å². The number of carbonyl (C=O) groups is 2. The van der Waals surface area contributed by atoms with E-state index >= 15 is 0 Å². The van der Waals surface area contributed by atoms with Gasteiger partial charge in [-0.25, -0.2) is 4.79 Å². The molecule has 1 aromatic carbocycles. The van der Waals surface area contributed by atoms with E-state index in [9.17, 15) is 9.59 Å². The average Bonchev–Trinajstić information content (AvgIpc) is 2.60. The topological polar surface area (TPSA) is 64.6 Å². The number of benzene rings is 1. The van der Waals surface area contributed by atoms with E-state index in [0.29, 0.717) is 11.7 Å². The highest BCUT2D eigenvalue weighted by molar-refractivity contribution is 5.89. The number of methoxy groups -OCH3 is 1. The number of hydrogen-bond donors (Lipinski definition) is 1. The molecule has 1 aliphatic carbocycles. The molecule has 0 spiro atoms. The predicted molar refractivity (Wildman–Crippen MR) is 92.5 cm³/mol. The molecule has 0 bridgehead atoms. The van der Waals surface area contributed by atoms with Crippen LogP contribution in [0.15, 0.2) is 30.3 Å². The minimum absolute atomic E-state index is 0.192. The number of hydrogen-bond acceptors (Lipinski definition) is 4. The third-order valence-electron chi connectivity index (χ3n) is 4.31. The van der Waals surface area contributed by atoms with Gasteiger partial charge in [0, 0.05) is 12.1 Å². The Morgan fingerprint density at radius 1 is 1.29 bits per heavy atom. The van der Waals surface area contributed by atoms with Gasteiger partial charge >= 0.3 is 5.97 Å². The summed E-state index contributed by atoms with van der Waals surface area (Å²) < 4.78 is 10.1. The summed E-state index contributed by atoms with van der Waals surface area (Å²) in [6.07, 6.45) is 7.43. The average molecular weight is 331 g/mol. The first kappa shape index (κ1) is 18.0. The van der Waals surface area contributed by atoms with Crippen molar-refractivity contribution in [1.29, 1.82) is 0 Å². The minimum atomic E-state index is -0.537. The second-order valence-electron chi connectivity index (χ2n) is 6.15. The van der Waals surface area contributed by atoms with Crippen LogP contribution in [-0.4, -0.2) is 31.6 Å². The molecule has 1 N–H and O–H groups in total. The third-order valence-corrected chi connectivity index (χ3v) is 4.31. The molecule has 5 heteroatoms. The molecule has 24 heavy (non-hydrogen) atoms. The van der Waals surface area contributed by atoms with Crippen LogP contribution in [-0.2, 0) is 14.3 Å².